The van der Waals surface area contributed by atoms with Crippen LogP contribution in [0.3, 0.4) is 0 Å². The van der Waals surface area contributed by atoms with Gasteiger partial charge in [-0.05, 0) is 49.3 Å². The molecule has 1 aliphatic rings. The molecule has 0 spiro atoms. The van der Waals surface area contributed by atoms with Gasteiger partial charge in [0.15, 0.2) is 0 Å². The van der Waals surface area contributed by atoms with E-state index in [-0.39, 0.29) is 12.5 Å². The maximum atomic E-state index is 12.2. The molecule has 0 aromatic carbocycles. The summed E-state index contributed by atoms with van der Waals surface area (Å²) in [5.41, 5.74) is 1.01. The maximum absolute atomic E-state index is 12.2. The third kappa shape index (κ3) is 3.77. The predicted molar refractivity (Wildman–Crippen MR) is 73.5 cm³/mol. The smallest absolute Gasteiger partial charge is 0.226 e. The van der Waals surface area contributed by atoms with E-state index >= 15 is 0 Å². The molecule has 0 unspecified atom stereocenters. The van der Waals surface area contributed by atoms with Gasteiger partial charge in [-0.15, -0.1) is 0 Å². The molecule has 1 amide bonds. The van der Waals surface area contributed by atoms with Crippen LogP contribution in [0.5, 0.6) is 0 Å². The molecule has 0 atom stereocenters. The van der Waals surface area contributed by atoms with E-state index in [1.807, 2.05) is 24.1 Å². The zero-order valence-electron chi connectivity index (χ0n) is 11.5. The van der Waals surface area contributed by atoms with Gasteiger partial charge in [-0.2, -0.15) is 0 Å². The second-order valence-corrected chi connectivity index (χ2v) is 5.39. The van der Waals surface area contributed by atoms with E-state index < -0.39 is 0 Å². The molecule has 0 saturated heterocycles. The minimum absolute atomic E-state index is 0.165. The number of nitrogens with zero attached hydrogens (tertiary/aromatic N) is 2. The normalized spacial score (nSPS) is 23.1. The zero-order chi connectivity index (χ0) is 13.7. The Balaban J connectivity index is 1.86. The summed E-state index contributed by atoms with van der Waals surface area (Å²) < 4.78 is 0. The van der Waals surface area contributed by atoms with E-state index in [1.54, 1.807) is 12.4 Å². The van der Waals surface area contributed by atoms with Crippen LogP contribution in [0.15, 0.2) is 24.5 Å². The lowest BCUT2D eigenvalue weighted by molar-refractivity contribution is -0.132. The molecule has 1 saturated carbocycles. The molecule has 0 aliphatic heterocycles. The van der Waals surface area contributed by atoms with Crippen LogP contribution in [-0.4, -0.2) is 40.6 Å². The summed E-state index contributed by atoms with van der Waals surface area (Å²) in [6, 6.07) is 4.10. The van der Waals surface area contributed by atoms with Gasteiger partial charge in [0, 0.05) is 32.1 Å². The Bertz CT molecular complexity index is 400. The standard InChI is InChI=1S/C15H22N2O2/c1-17(14-4-2-13(11-18)3-5-14)15(19)10-12-6-8-16-9-7-12/h6-9,13-14,18H,2-5,10-11H2,1H3. The average molecular weight is 262 g/mol. The molecule has 1 aliphatic carbocycles. The van der Waals surface area contributed by atoms with Crippen molar-refractivity contribution in [3.63, 3.8) is 0 Å². The first-order valence-corrected chi connectivity index (χ1v) is 6.96. The van der Waals surface area contributed by atoms with Crippen molar-refractivity contribution < 1.29 is 9.90 Å². The number of likely N-dealkylation sites (N-methyl/N-ethyl adjacent to an activating group) is 1. The molecule has 1 fully saturated rings. The number of amides is 1. The summed E-state index contributed by atoms with van der Waals surface area (Å²) in [5, 5.41) is 9.13. The molecule has 0 radical (unpaired) electrons. The molecular weight excluding hydrogens is 240 g/mol. The second kappa shape index (κ2) is 6.66. The summed E-state index contributed by atoms with van der Waals surface area (Å²) in [4.78, 5) is 18.1. The van der Waals surface area contributed by atoms with Crippen LogP contribution in [0.2, 0.25) is 0 Å². The van der Waals surface area contributed by atoms with Gasteiger partial charge < -0.3 is 10.0 Å². The number of carbonyl (C=O) groups excluding carboxylic acids is 1. The lowest BCUT2D eigenvalue weighted by Crippen LogP contribution is -2.40. The molecule has 104 valence electrons. The fraction of sp³-hybridized carbons (Fsp3) is 0.600. The first-order valence-electron chi connectivity index (χ1n) is 6.96. The number of aromatic nitrogens is 1. The highest BCUT2D eigenvalue weighted by Crippen LogP contribution is 2.26. The highest BCUT2D eigenvalue weighted by atomic mass is 16.3. The predicted octanol–water partition coefficient (Wildman–Crippen LogP) is 1.63. The fourth-order valence-corrected chi connectivity index (χ4v) is 2.72. The quantitative estimate of drug-likeness (QED) is 0.897. The molecule has 2 rings (SSSR count). The van der Waals surface area contributed by atoms with Crippen molar-refractivity contribution >= 4 is 5.91 Å². The van der Waals surface area contributed by atoms with Crippen molar-refractivity contribution in [1.82, 2.24) is 9.88 Å². The van der Waals surface area contributed by atoms with Crippen molar-refractivity contribution in [2.45, 2.75) is 38.1 Å². The van der Waals surface area contributed by atoms with E-state index in [9.17, 15) is 4.79 Å². The van der Waals surface area contributed by atoms with Crippen molar-refractivity contribution in [3.05, 3.63) is 30.1 Å². The molecule has 19 heavy (non-hydrogen) atoms. The Kier molecular flexibility index (Phi) is 4.91. The molecule has 0 bridgehead atoms. The van der Waals surface area contributed by atoms with Crippen molar-refractivity contribution in [3.8, 4) is 0 Å². The fourth-order valence-electron chi connectivity index (χ4n) is 2.72. The minimum Gasteiger partial charge on any atom is -0.396 e. The molecule has 4 nitrogen and oxygen atoms in total. The Morgan fingerprint density at radius 1 is 1.32 bits per heavy atom. The average Bonchev–Trinajstić information content (AvgIpc) is 2.47. The van der Waals surface area contributed by atoms with E-state index in [0.717, 1.165) is 31.2 Å². The number of rotatable bonds is 4. The highest BCUT2D eigenvalue weighted by Gasteiger charge is 2.26. The van der Waals surface area contributed by atoms with Gasteiger partial charge in [-0.1, -0.05) is 0 Å². The van der Waals surface area contributed by atoms with Gasteiger partial charge >= 0.3 is 0 Å². The van der Waals surface area contributed by atoms with Crippen molar-refractivity contribution in [2.75, 3.05) is 13.7 Å². The number of hydrogen-bond acceptors (Lipinski definition) is 3. The first-order chi connectivity index (χ1) is 9.20. The van der Waals surface area contributed by atoms with E-state index in [2.05, 4.69) is 4.98 Å². The van der Waals surface area contributed by atoms with Gasteiger partial charge in [0.25, 0.3) is 0 Å². The van der Waals surface area contributed by atoms with Gasteiger partial charge in [0.1, 0.15) is 0 Å². The SMILES string of the molecule is CN(C(=O)Cc1ccncc1)C1CCC(CO)CC1. The monoisotopic (exact) mass is 262 g/mol. The third-order valence-electron chi connectivity index (χ3n) is 4.12. The number of carbonyl (C=O) groups is 1. The van der Waals surface area contributed by atoms with Crippen LogP contribution in [0.4, 0.5) is 0 Å². The van der Waals surface area contributed by atoms with Crippen LogP contribution in [0.1, 0.15) is 31.2 Å². The zero-order valence-corrected chi connectivity index (χ0v) is 11.5. The summed E-state index contributed by atoms with van der Waals surface area (Å²) in [6.07, 6.45) is 7.93. The number of aliphatic hydroxyl groups excluding tert-OH is 1. The van der Waals surface area contributed by atoms with Crippen LogP contribution in [-0.2, 0) is 11.2 Å². The van der Waals surface area contributed by atoms with Gasteiger partial charge in [0.2, 0.25) is 5.91 Å². The van der Waals surface area contributed by atoms with Crippen molar-refractivity contribution in [2.24, 2.45) is 5.92 Å². The van der Waals surface area contributed by atoms with E-state index in [0.29, 0.717) is 18.4 Å². The molecule has 1 N–H and O–H groups in total. The van der Waals surface area contributed by atoms with Gasteiger partial charge in [-0.3, -0.25) is 9.78 Å². The van der Waals surface area contributed by atoms with Gasteiger partial charge in [0.05, 0.1) is 6.42 Å². The maximum Gasteiger partial charge on any atom is 0.226 e. The van der Waals surface area contributed by atoms with Gasteiger partial charge in [-0.25, -0.2) is 0 Å². The van der Waals surface area contributed by atoms with Crippen LogP contribution >= 0.6 is 0 Å². The van der Waals surface area contributed by atoms with E-state index in [4.69, 9.17) is 5.11 Å². The Hall–Kier alpha value is -1.42. The summed E-state index contributed by atoms with van der Waals surface area (Å²) >= 11 is 0. The molecule has 4 heteroatoms. The molecule has 1 heterocycles. The second-order valence-electron chi connectivity index (χ2n) is 5.39. The topological polar surface area (TPSA) is 53.4 Å². The number of aliphatic hydroxyl groups is 1. The van der Waals surface area contributed by atoms with Crippen LogP contribution in [0, 0.1) is 5.92 Å². The lowest BCUT2D eigenvalue weighted by atomic mass is 9.86. The number of pyridine rings is 1. The molecule has 1 aromatic heterocycles. The Morgan fingerprint density at radius 3 is 2.53 bits per heavy atom. The first kappa shape index (κ1) is 14.0. The molecular formula is C15H22N2O2. The molecule has 1 aromatic rings. The largest absolute Gasteiger partial charge is 0.396 e. The van der Waals surface area contributed by atoms with Crippen molar-refractivity contribution in [1.29, 1.82) is 0 Å². The van der Waals surface area contributed by atoms with Crippen LogP contribution in [0.25, 0.3) is 0 Å². The highest BCUT2D eigenvalue weighted by molar-refractivity contribution is 5.78. The summed E-state index contributed by atoms with van der Waals surface area (Å²) in [7, 11) is 1.90. The Labute approximate surface area is 114 Å². The number of hydrogen-bond donors (Lipinski definition) is 1. The lowest BCUT2D eigenvalue weighted by Gasteiger charge is -2.34. The summed E-state index contributed by atoms with van der Waals surface area (Å²) in [5.74, 6) is 0.596. The summed E-state index contributed by atoms with van der Waals surface area (Å²) in [6.45, 7) is 0.279. The minimum atomic E-state index is 0.165. The van der Waals surface area contributed by atoms with E-state index in [1.165, 1.54) is 0 Å². The van der Waals surface area contributed by atoms with Crippen LogP contribution < -0.4 is 0 Å². The third-order valence-corrected chi connectivity index (χ3v) is 4.12. The Morgan fingerprint density at radius 2 is 1.95 bits per heavy atom.